The molecule has 166 valence electrons. The largest absolute Gasteiger partial charge is 0.394 e. The number of hydrogen-bond acceptors (Lipinski definition) is 11. The van der Waals surface area contributed by atoms with Gasteiger partial charge in [0, 0.05) is 10.9 Å². The number of aliphatic hydroxyl groups excluding tert-OH is 4. The molecular weight excluding hydrogens is 486 g/mol. The van der Waals surface area contributed by atoms with Crippen LogP contribution in [0.25, 0.3) is 0 Å². The minimum absolute atomic E-state index is 0.379. The number of amides is 1. The number of Topliss-reactive ketones (excluding diaryl/α,β-unsaturated/α-hetero) is 1. The molecule has 1 aromatic heterocycles. The van der Waals surface area contributed by atoms with Crippen LogP contribution in [0.3, 0.4) is 0 Å². The minimum atomic E-state index is -2.87. The molecule has 4 atom stereocenters. The van der Waals surface area contributed by atoms with E-state index >= 15 is 0 Å². The lowest BCUT2D eigenvalue weighted by Gasteiger charge is -2.31. The van der Waals surface area contributed by atoms with Gasteiger partial charge in [0.15, 0.2) is 5.78 Å². The summed E-state index contributed by atoms with van der Waals surface area (Å²) in [6.07, 6.45) is -4.42. The van der Waals surface area contributed by atoms with Crippen molar-refractivity contribution in [3.8, 4) is 0 Å². The van der Waals surface area contributed by atoms with E-state index in [0.717, 1.165) is 6.92 Å². The molecule has 0 radical (unpaired) electrons. The van der Waals surface area contributed by atoms with Gasteiger partial charge in [0.05, 0.1) is 12.8 Å². The number of ketones is 1. The summed E-state index contributed by atoms with van der Waals surface area (Å²) in [5.41, 5.74) is 2.66. The predicted molar refractivity (Wildman–Crippen MR) is 110 cm³/mol. The molecule has 0 aliphatic heterocycles. The first-order valence-electron chi connectivity index (χ1n) is 8.14. The number of rotatable bonds is 7. The van der Waals surface area contributed by atoms with Crippen molar-refractivity contribution >= 4 is 43.8 Å². The molecule has 11 nitrogen and oxygen atoms in total. The van der Waals surface area contributed by atoms with Crippen LogP contribution in [-0.2, 0) is 9.59 Å². The Labute approximate surface area is 184 Å². The second kappa shape index (κ2) is 14.0. The fourth-order valence-corrected chi connectivity index (χ4v) is 2.55. The summed E-state index contributed by atoms with van der Waals surface area (Å²) >= 11 is 3.66. The third-order valence-corrected chi connectivity index (χ3v) is 4.55. The lowest BCUT2D eigenvalue weighted by atomic mass is 9.88. The second-order valence-corrected chi connectivity index (χ2v) is 6.97. The van der Waals surface area contributed by atoms with Crippen molar-refractivity contribution in [3.05, 3.63) is 47.5 Å². The van der Waals surface area contributed by atoms with Crippen molar-refractivity contribution in [1.82, 2.24) is 9.59 Å². The van der Waals surface area contributed by atoms with Crippen LogP contribution in [0, 0.1) is 0 Å². The number of benzene rings is 1. The maximum atomic E-state index is 11.0. The van der Waals surface area contributed by atoms with E-state index in [2.05, 4.69) is 25.5 Å². The average molecular weight is 508 g/mol. The Balaban J connectivity index is 0.000000493. The Bertz CT molecular complexity index is 747. The molecule has 0 saturated heterocycles. The maximum Gasteiger partial charge on any atom is 0.248 e. The van der Waals surface area contributed by atoms with Gasteiger partial charge in [-0.05, 0) is 46.5 Å². The minimum Gasteiger partial charge on any atom is -0.394 e. The van der Waals surface area contributed by atoms with Gasteiger partial charge in [-0.25, -0.2) is 0 Å². The maximum absolute atomic E-state index is 11.0. The molecule has 7 N–H and O–H groups in total. The van der Waals surface area contributed by atoms with E-state index in [4.69, 9.17) is 15.9 Å². The molecule has 2 rings (SSSR count). The van der Waals surface area contributed by atoms with Gasteiger partial charge in [0.2, 0.25) is 16.2 Å². The van der Waals surface area contributed by atoms with Crippen molar-refractivity contribution in [2.75, 3.05) is 6.61 Å². The topological polar surface area (TPSA) is 204 Å². The summed E-state index contributed by atoms with van der Waals surface area (Å²) in [4.78, 5) is 32.5. The van der Waals surface area contributed by atoms with Crippen LogP contribution in [0.4, 0.5) is 0 Å². The van der Waals surface area contributed by atoms with Gasteiger partial charge >= 0.3 is 0 Å². The van der Waals surface area contributed by atoms with E-state index in [9.17, 15) is 29.7 Å². The van der Waals surface area contributed by atoms with Crippen molar-refractivity contribution in [2.45, 2.75) is 30.8 Å². The Morgan fingerprint density at radius 1 is 1.20 bits per heavy atom. The number of nitrogens with two attached hydrogens (primary N) is 1. The quantitative estimate of drug-likeness (QED) is 0.191. The molecule has 0 bridgehead atoms. The molecule has 2 aromatic rings. The van der Waals surface area contributed by atoms with Gasteiger partial charge in [-0.15, -0.1) is 5.10 Å². The molecule has 30 heavy (non-hydrogen) atoms. The SMILES string of the molecule is CC(=O)[C@](O)(C(=O)Br)[C@@H](O)[C@H](O)[C@H](O)CO.NC(=O)c1ccccc1.c1csnn1. The summed E-state index contributed by atoms with van der Waals surface area (Å²) in [5, 5.41) is 51.1. The third kappa shape index (κ3) is 8.71. The van der Waals surface area contributed by atoms with Crippen LogP contribution in [0.5, 0.6) is 0 Å². The van der Waals surface area contributed by atoms with E-state index in [1.54, 1.807) is 30.5 Å². The number of halogens is 1. The highest BCUT2D eigenvalue weighted by Gasteiger charge is 2.51. The summed E-state index contributed by atoms with van der Waals surface area (Å²) in [6.45, 7) is -0.0664. The molecule has 0 unspecified atom stereocenters. The highest BCUT2D eigenvalue weighted by Crippen LogP contribution is 2.21. The van der Waals surface area contributed by atoms with Crippen LogP contribution < -0.4 is 5.73 Å². The summed E-state index contributed by atoms with van der Waals surface area (Å²) in [5.74, 6) is -1.48. The first kappa shape index (κ1) is 27.9. The van der Waals surface area contributed by atoms with Crippen LogP contribution in [0.15, 0.2) is 41.9 Å². The smallest absolute Gasteiger partial charge is 0.248 e. The summed E-state index contributed by atoms with van der Waals surface area (Å²) in [7, 11) is 0. The van der Waals surface area contributed by atoms with Crippen molar-refractivity contribution < 1.29 is 39.9 Å². The number of carbonyl (C=O) groups excluding carboxylic acids is 3. The zero-order valence-corrected chi connectivity index (χ0v) is 18.1. The molecule has 1 amide bonds. The van der Waals surface area contributed by atoms with Gasteiger partial charge in [-0.3, -0.25) is 14.4 Å². The van der Waals surface area contributed by atoms with Gasteiger partial charge in [-0.1, -0.05) is 22.7 Å². The van der Waals surface area contributed by atoms with Gasteiger partial charge in [-0.2, -0.15) is 0 Å². The Morgan fingerprint density at radius 3 is 2.03 bits per heavy atom. The number of aliphatic hydroxyl groups is 5. The number of carbonyl (C=O) groups is 3. The lowest BCUT2D eigenvalue weighted by molar-refractivity contribution is -0.174. The molecule has 13 heteroatoms. The van der Waals surface area contributed by atoms with Crippen molar-refractivity contribution in [2.24, 2.45) is 5.73 Å². The van der Waals surface area contributed by atoms with Crippen LogP contribution in [0.2, 0.25) is 0 Å². The highest BCUT2D eigenvalue weighted by molar-refractivity contribution is 9.18. The molecule has 0 aliphatic rings. The van der Waals surface area contributed by atoms with Crippen molar-refractivity contribution in [1.29, 1.82) is 0 Å². The first-order valence-corrected chi connectivity index (χ1v) is 9.77. The van der Waals surface area contributed by atoms with E-state index in [1.807, 2.05) is 11.4 Å². The van der Waals surface area contributed by atoms with Gasteiger partial charge in [0.25, 0.3) is 0 Å². The van der Waals surface area contributed by atoms with E-state index in [1.165, 1.54) is 11.5 Å². The molecule has 0 saturated carbocycles. The van der Waals surface area contributed by atoms with Gasteiger partial charge in [0.1, 0.15) is 18.3 Å². The molecule has 0 aliphatic carbocycles. The first-order chi connectivity index (χ1) is 14.0. The Kier molecular flexibility index (Phi) is 13.0. The monoisotopic (exact) mass is 507 g/mol. The fourth-order valence-electron chi connectivity index (χ4n) is 1.77. The Morgan fingerprint density at radius 2 is 1.77 bits per heavy atom. The summed E-state index contributed by atoms with van der Waals surface area (Å²) < 4.78 is 2.27. The van der Waals surface area contributed by atoms with E-state index in [-0.39, 0.29) is 5.91 Å². The molecule has 1 heterocycles. The van der Waals surface area contributed by atoms with Crippen LogP contribution in [0.1, 0.15) is 17.3 Å². The zero-order chi connectivity index (χ0) is 23.3. The van der Waals surface area contributed by atoms with E-state index in [0.29, 0.717) is 5.56 Å². The third-order valence-electron chi connectivity index (χ3n) is 3.51. The van der Waals surface area contributed by atoms with Crippen LogP contribution >= 0.6 is 27.5 Å². The van der Waals surface area contributed by atoms with Crippen molar-refractivity contribution in [3.63, 3.8) is 0 Å². The highest BCUT2D eigenvalue weighted by atomic mass is 79.9. The Hall–Kier alpha value is -2.13. The van der Waals surface area contributed by atoms with Crippen LogP contribution in [-0.4, -0.2) is 82.0 Å². The van der Waals surface area contributed by atoms with E-state index < -0.39 is 41.0 Å². The number of hydrogen-bond donors (Lipinski definition) is 6. The second-order valence-electron chi connectivity index (χ2n) is 5.60. The standard InChI is InChI=1S/C8H13BrO7.C7H7NO.C2H2N2S/c1-3(11)8(16,7(9)15)6(14)5(13)4(12)2-10;8-7(9)6-4-2-1-3-5-6;1-2-5-4-3-1/h4-6,10,12-14,16H,2H2,1H3;1-5H,(H2,8,9);1-2H/t4-,5-,6+,8-;;/m1../s1. The molecule has 1 aromatic carbocycles. The lowest BCUT2D eigenvalue weighted by Crippen LogP contribution is -2.60. The number of primary amides is 1. The van der Waals surface area contributed by atoms with Gasteiger partial charge < -0.3 is 31.3 Å². The number of aromatic nitrogens is 2. The molecule has 0 spiro atoms. The molecular formula is C17H22BrN3O8S. The number of nitrogens with zero attached hydrogens (tertiary/aromatic N) is 2. The fraction of sp³-hybridized carbons (Fsp3) is 0.353. The normalized spacial score (nSPS) is 15.0. The zero-order valence-electron chi connectivity index (χ0n) is 15.7. The average Bonchev–Trinajstić information content (AvgIpc) is 3.32. The summed E-state index contributed by atoms with van der Waals surface area (Å²) in [6, 6.07) is 8.76. The predicted octanol–water partition coefficient (Wildman–Crippen LogP) is -1.37. The molecule has 0 fully saturated rings.